The van der Waals surface area contributed by atoms with Gasteiger partial charge in [0.05, 0.1) is 5.41 Å². The second-order valence-electron chi connectivity index (χ2n) is 4.98. The van der Waals surface area contributed by atoms with Crippen LogP contribution in [0.15, 0.2) is 0 Å². The van der Waals surface area contributed by atoms with E-state index in [1.807, 2.05) is 6.92 Å². The molecule has 1 rings (SSSR count). The molecule has 0 aromatic carbocycles. The minimum absolute atomic E-state index is 0.0204. The van der Waals surface area contributed by atoms with Crippen LogP contribution in [-0.4, -0.2) is 41.3 Å². The van der Waals surface area contributed by atoms with E-state index >= 15 is 0 Å². The molecule has 0 aromatic rings. The zero-order valence-corrected chi connectivity index (χ0v) is 11.9. The Labute approximate surface area is 106 Å². The van der Waals surface area contributed by atoms with Crippen LogP contribution >= 0.6 is 0 Å². The lowest BCUT2D eigenvalue weighted by Gasteiger charge is -2.27. The van der Waals surface area contributed by atoms with Gasteiger partial charge < -0.3 is 10.6 Å². The molecular weight excluding hydrogens is 236 g/mol. The second kappa shape index (κ2) is 6.50. The van der Waals surface area contributed by atoms with Crippen molar-refractivity contribution in [2.24, 2.45) is 5.41 Å². The molecule has 0 bridgehead atoms. The molecule has 1 fully saturated rings. The number of amides is 1. The largest absolute Gasteiger partial charge is 0.354 e. The fourth-order valence-corrected chi connectivity index (χ4v) is 2.60. The molecule has 0 saturated carbocycles. The summed E-state index contributed by atoms with van der Waals surface area (Å²) in [5.74, 6) is 0.127. The Bertz CT molecular complexity index is 288. The molecular formula is C12H24N2O2S. The van der Waals surface area contributed by atoms with E-state index in [1.165, 1.54) is 0 Å². The summed E-state index contributed by atoms with van der Waals surface area (Å²) in [5.41, 5.74) is -0.232. The number of nitrogens with one attached hydrogen (secondary N) is 2. The Kier molecular flexibility index (Phi) is 5.59. The van der Waals surface area contributed by atoms with Gasteiger partial charge in [0.2, 0.25) is 5.91 Å². The van der Waals surface area contributed by atoms with Crippen molar-refractivity contribution in [3.05, 3.63) is 0 Å². The molecule has 1 aliphatic rings. The lowest BCUT2D eigenvalue weighted by atomic mass is 9.81. The van der Waals surface area contributed by atoms with Gasteiger partial charge in [0.1, 0.15) is 0 Å². The summed E-state index contributed by atoms with van der Waals surface area (Å²) >= 11 is 0. The molecule has 1 amide bonds. The summed E-state index contributed by atoms with van der Waals surface area (Å²) in [4.78, 5) is 12.2. The number of rotatable bonds is 6. The standard InChI is InChI=1S/C12H24N2O2S/c1-4-5-12(6-7-13-9-12)11(15)14-8-10(2)17(3)16/h10,13H,4-9H2,1-3H3,(H,14,15). The highest BCUT2D eigenvalue weighted by atomic mass is 32.2. The molecule has 1 saturated heterocycles. The molecule has 17 heavy (non-hydrogen) atoms. The van der Waals surface area contributed by atoms with Crippen LogP contribution in [0.5, 0.6) is 0 Å². The Balaban J connectivity index is 2.52. The van der Waals surface area contributed by atoms with Crippen molar-refractivity contribution < 1.29 is 9.00 Å². The van der Waals surface area contributed by atoms with E-state index in [9.17, 15) is 9.00 Å². The SMILES string of the molecule is CCCC1(C(=O)NCC(C)S(C)=O)CCNC1. The minimum atomic E-state index is -0.876. The molecule has 4 nitrogen and oxygen atoms in total. The Morgan fingerprint density at radius 1 is 1.59 bits per heavy atom. The van der Waals surface area contributed by atoms with E-state index in [0.29, 0.717) is 6.54 Å². The van der Waals surface area contributed by atoms with Crippen molar-refractivity contribution in [1.29, 1.82) is 0 Å². The lowest BCUT2D eigenvalue weighted by Crippen LogP contribution is -2.45. The van der Waals surface area contributed by atoms with E-state index in [-0.39, 0.29) is 16.6 Å². The van der Waals surface area contributed by atoms with Crippen LogP contribution in [-0.2, 0) is 15.6 Å². The van der Waals surface area contributed by atoms with Gasteiger partial charge in [-0.25, -0.2) is 0 Å². The predicted octanol–water partition coefficient (Wildman–Crippen LogP) is 0.649. The van der Waals surface area contributed by atoms with Crippen molar-refractivity contribution in [2.45, 2.75) is 38.4 Å². The van der Waals surface area contributed by atoms with Gasteiger partial charge in [0.15, 0.2) is 0 Å². The van der Waals surface area contributed by atoms with Gasteiger partial charge >= 0.3 is 0 Å². The zero-order chi connectivity index (χ0) is 12.9. The molecule has 0 spiro atoms. The van der Waals surface area contributed by atoms with Crippen LogP contribution in [0.4, 0.5) is 0 Å². The molecule has 1 heterocycles. The van der Waals surface area contributed by atoms with Crippen molar-refractivity contribution >= 4 is 16.7 Å². The summed E-state index contributed by atoms with van der Waals surface area (Å²) in [7, 11) is -0.876. The van der Waals surface area contributed by atoms with Crippen LogP contribution in [0.2, 0.25) is 0 Å². The highest BCUT2D eigenvalue weighted by Gasteiger charge is 2.40. The fraction of sp³-hybridized carbons (Fsp3) is 0.917. The number of carbonyl (C=O) groups excluding carboxylic acids is 1. The van der Waals surface area contributed by atoms with Gasteiger partial charge in [-0.15, -0.1) is 0 Å². The molecule has 1 aliphatic heterocycles. The van der Waals surface area contributed by atoms with E-state index < -0.39 is 10.8 Å². The Morgan fingerprint density at radius 3 is 2.76 bits per heavy atom. The maximum atomic E-state index is 12.2. The maximum Gasteiger partial charge on any atom is 0.227 e. The smallest absolute Gasteiger partial charge is 0.227 e. The fourth-order valence-electron chi connectivity index (χ4n) is 2.28. The van der Waals surface area contributed by atoms with Crippen LogP contribution in [0.25, 0.3) is 0 Å². The minimum Gasteiger partial charge on any atom is -0.354 e. The van der Waals surface area contributed by atoms with Gasteiger partial charge in [-0.2, -0.15) is 0 Å². The average molecular weight is 260 g/mol. The third-order valence-electron chi connectivity index (χ3n) is 3.57. The van der Waals surface area contributed by atoms with Gasteiger partial charge in [0.25, 0.3) is 0 Å². The molecule has 2 N–H and O–H groups in total. The predicted molar refractivity (Wildman–Crippen MR) is 71.4 cm³/mol. The first-order chi connectivity index (χ1) is 8.02. The van der Waals surface area contributed by atoms with Crippen LogP contribution in [0.1, 0.15) is 33.1 Å². The highest BCUT2D eigenvalue weighted by molar-refractivity contribution is 7.84. The van der Waals surface area contributed by atoms with Crippen molar-refractivity contribution in [3.8, 4) is 0 Å². The van der Waals surface area contributed by atoms with Crippen LogP contribution in [0, 0.1) is 5.41 Å². The molecule has 5 heteroatoms. The highest BCUT2D eigenvalue weighted by Crippen LogP contribution is 2.31. The normalized spacial score (nSPS) is 27.7. The summed E-state index contributed by atoms with van der Waals surface area (Å²) in [6.45, 7) is 6.21. The lowest BCUT2D eigenvalue weighted by molar-refractivity contribution is -0.130. The number of carbonyl (C=O) groups is 1. The van der Waals surface area contributed by atoms with Crippen LogP contribution in [0.3, 0.4) is 0 Å². The first-order valence-corrected chi connectivity index (χ1v) is 7.95. The van der Waals surface area contributed by atoms with Gasteiger partial charge in [0, 0.05) is 35.4 Å². The van der Waals surface area contributed by atoms with Gasteiger partial charge in [-0.1, -0.05) is 13.3 Å². The molecule has 3 atom stereocenters. The van der Waals surface area contributed by atoms with E-state index in [0.717, 1.165) is 32.4 Å². The van der Waals surface area contributed by atoms with Crippen molar-refractivity contribution in [1.82, 2.24) is 10.6 Å². The van der Waals surface area contributed by atoms with Crippen molar-refractivity contribution in [2.75, 3.05) is 25.9 Å². The summed E-state index contributed by atoms with van der Waals surface area (Å²) < 4.78 is 11.2. The summed E-state index contributed by atoms with van der Waals surface area (Å²) in [6.07, 6.45) is 4.53. The monoisotopic (exact) mass is 260 g/mol. The summed E-state index contributed by atoms with van der Waals surface area (Å²) in [5, 5.41) is 6.25. The first-order valence-electron chi connectivity index (χ1n) is 6.33. The molecule has 3 unspecified atom stereocenters. The number of hydrogen-bond acceptors (Lipinski definition) is 3. The second-order valence-corrected chi connectivity index (χ2v) is 6.78. The van der Waals surface area contributed by atoms with Gasteiger partial charge in [-0.3, -0.25) is 9.00 Å². The Hall–Kier alpha value is -0.420. The molecule has 0 radical (unpaired) electrons. The van der Waals surface area contributed by atoms with Crippen LogP contribution < -0.4 is 10.6 Å². The van der Waals surface area contributed by atoms with E-state index in [1.54, 1.807) is 6.26 Å². The van der Waals surface area contributed by atoms with Crippen molar-refractivity contribution in [3.63, 3.8) is 0 Å². The number of hydrogen-bond donors (Lipinski definition) is 2. The quantitative estimate of drug-likeness (QED) is 0.737. The first kappa shape index (κ1) is 14.6. The van der Waals surface area contributed by atoms with E-state index in [4.69, 9.17) is 0 Å². The third kappa shape index (κ3) is 3.78. The third-order valence-corrected chi connectivity index (χ3v) is 4.87. The molecule has 0 aliphatic carbocycles. The molecule has 100 valence electrons. The van der Waals surface area contributed by atoms with E-state index in [2.05, 4.69) is 17.6 Å². The topological polar surface area (TPSA) is 58.2 Å². The molecule has 0 aromatic heterocycles. The van der Waals surface area contributed by atoms with Gasteiger partial charge in [-0.05, 0) is 26.3 Å². The Morgan fingerprint density at radius 2 is 2.29 bits per heavy atom. The zero-order valence-electron chi connectivity index (χ0n) is 11.0. The maximum absolute atomic E-state index is 12.2. The summed E-state index contributed by atoms with van der Waals surface area (Å²) in [6, 6.07) is 0. The average Bonchev–Trinajstić information content (AvgIpc) is 2.75.